The number of carbonyl (C=O) groups is 1. The van der Waals surface area contributed by atoms with Crippen LogP contribution < -0.4 is 15.8 Å². The van der Waals surface area contributed by atoms with Crippen LogP contribution in [0.5, 0.6) is 5.75 Å². The summed E-state index contributed by atoms with van der Waals surface area (Å²) < 4.78 is 10.4. The number of carbonyl (C=O) groups excluding carboxylic acids is 1. The standard InChI is InChI=1S/C16H18N2O3/c1-20-15-8-6-14(7-9-15)18-16(19)11-21-10-12-2-4-13(17)5-3-12/h2-9H,10-11,17H2,1H3,(H,18,19). The molecule has 110 valence electrons. The predicted molar refractivity (Wildman–Crippen MR) is 82.1 cm³/mol. The first-order chi connectivity index (χ1) is 10.2. The molecule has 2 rings (SSSR count). The molecule has 0 saturated carbocycles. The molecule has 0 bridgehead atoms. The SMILES string of the molecule is COc1ccc(NC(=O)COCc2ccc(N)cc2)cc1. The van der Waals surface area contributed by atoms with Crippen LogP contribution in [0.4, 0.5) is 11.4 Å². The number of methoxy groups -OCH3 is 1. The van der Waals surface area contributed by atoms with Gasteiger partial charge in [0, 0.05) is 11.4 Å². The number of rotatable bonds is 6. The van der Waals surface area contributed by atoms with Crippen LogP contribution in [0.1, 0.15) is 5.56 Å². The molecule has 0 aliphatic rings. The average molecular weight is 286 g/mol. The summed E-state index contributed by atoms with van der Waals surface area (Å²) >= 11 is 0. The quantitative estimate of drug-likeness (QED) is 0.800. The van der Waals surface area contributed by atoms with Crippen molar-refractivity contribution in [3.8, 4) is 5.75 Å². The fraction of sp³-hybridized carbons (Fsp3) is 0.188. The van der Waals surface area contributed by atoms with Crippen molar-refractivity contribution in [1.82, 2.24) is 0 Å². The number of hydrogen-bond acceptors (Lipinski definition) is 4. The lowest BCUT2D eigenvalue weighted by Crippen LogP contribution is -2.18. The minimum Gasteiger partial charge on any atom is -0.497 e. The summed E-state index contributed by atoms with van der Waals surface area (Å²) in [4.78, 5) is 11.7. The van der Waals surface area contributed by atoms with Crippen LogP contribution in [-0.2, 0) is 16.1 Å². The van der Waals surface area contributed by atoms with Gasteiger partial charge in [-0.3, -0.25) is 4.79 Å². The summed E-state index contributed by atoms with van der Waals surface area (Å²) in [6.07, 6.45) is 0. The second-order valence-electron chi connectivity index (χ2n) is 4.51. The largest absolute Gasteiger partial charge is 0.497 e. The van der Waals surface area contributed by atoms with Crippen LogP contribution in [0.25, 0.3) is 0 Å². The summed E-state index contributed by atoms with van der Waals surface area (Å²) in [5.41, 5.74) is 7.98. The number of anilines is 2. The van der Waals surface area contributed by atoms with Crippen molar-refractivity contribution < 1.29 is 14.3 Å². The Labute approximate surface area is 123 Å². The van der Waals surface area contributed by atoms with Crippen molar-refractivity contribution in [3.63, 3.8) is 0 Å². The predicted octanol–water partition coefficient (Wildman–Crippen LogP) is 2.43. The third-order valence-corrected chi connectivity index (χ3v) is 2.86. The van der Waals surface area contributed by atoms with Crippen LogP contribution in [-0.4, -0.2) is 19.6 Å². The molecule has 0 saturated heterocycles. The van der Waals surface area contributed by atoms with Crippen molar-refractivity contribution in [2.24, 2.45) is 0 Å². The Bertz CT molecular complexity index is 579. The van der Waals surface area contributed by atoms with Gasteiger partial charge in [-0.05, 0) is 42.0 Å². The van der Waals surface area contributed by atoms with Gasteiger partial charge in [0.25, 0.3) is 0 Å². The summed E-state index contributed by atoms with van der Waals surface area (Å²) in [5, 5.41) is 2.75. The topological polar surface area (TPSA) is 73.6 Å². The average Bonchev–Trinajstić information content (AvgIpc) is 2.50. The van der Waals surface area contributed by atoms with Gasteiger partial charge in [0.1, 0.15) is 12.4 Å². The molecule has 2 aromatic carbocycles. The first-order valence-electron chi connectivity index (χ1n) is 6.53. The van der Waals surface area contributed by atoms with E-state index in [1.54, 1.807) is 43.5 Å². The van der Waals surface area contributed by atoms with E-state index in [0.717, 1.165) is 11.3 Å². The highest BCUT2D eigenvalue weighted by atomic mass is 16.5. The van der Waals surface area contributed by atoms with Crippen molar-refractivity contribution in [2.45, 2.75) is 6.61 Å². The van der Waals surface area contributed by atoms with Gasteiger partial charge in [-0.15, -0.1) is 0 Å². The number of ether oxygens (including phenoxy) is 2. The van der Waals surface area contributed by atoms with Crippen molar-refractivity contribution in [2.75, 3.05) is 24.8 Å². The second-order valence-corrected chi connectivity index (χ2v) is 4.51. The van der Waals surface area contributed by atoms with E-state index in [4.69, 9.17) is 15.2 Å². The number of hydrogen-bond donors (Lipinski definition) is 2. The number of amides is 1. The van der Waals surface area contributed by atoms with Crippen LogP contribution in [0, 0.1) is 0 Å². The molecule has 0 unspecified atom stereocenters. The van der Waals surface area contributed by atoms with Gasteiger partial charge >= 0.3 is 0 Å². The summed E-state index contributed by atoms with van der Waals surface area (Å²) in [5.74, 6) is 0.545. The lowest BCUT2D eigenvalue weighted by atomic mass is 10.2. The molecule has 1 amide bonds. The lowest BCUT2D eigenvalue weighted by molar-refractivity contribution is -0.121. The number of benzene rings is 2. The van der Waals surface area contributed by atoms with E-state index < -0.39 is 0 Å². The molecule has 0 aliphatic heterocycles. The van der Waals surface area contributed by atoms with Gasteiger partial charge in [0.2, 0.25) is 5.91 Å². The van der Waals surface area contributed by atoms with Gasteiger partial charge in [0.05, 0.1) is 13.7 Å². The number of nitrogen functional groups attached to an aromatic ring is 1. The van der Waals surface area contributed by atoms with Gasteiger partial charge < -0.3 is 20.5 Å². The molecule has 0 atom stereocenters. The molecule has 0 aliphatic carbocycles. The van der Waals surface area contributed by atoms with E-state index in [-0.39, 0.29) is 12.5 Å². The Hall–Kier alpha value is -2.53. The lowest BCUT2D eigenvalue weighted by Gasteiger charge is -2.07. The molecule has 0 radical (unpaired) electrons. The first kappa shape index (κ1) is 14.9. The van der Waals surface area contributed by atoms with Gasteiger partial charge in [-0.1, -0.05) is 12.1 Å². The highest BCUT2D eigenvalue weighted by Crippen LogP contribution is 2.14. The summed E-state index contributed by atoms with van der Waals surface area (Å²) in [6.45, 7) is 0.368. The maximum atomic E-state index is 11.7. The molecular formula is C16H18N2O3. The normalized spacial score (nSPS) is 10.1. The molecule has 21 heavy (non-hydrogen) atoms. The Kier molecular flexibility index (Phi) is 5.17. The molecule has 5 heteroatoms. The Morgan fingerprint density at radius 1 is 1.10 bits per heavy atom. The molecule has 2 aromatic rings. The van der Waals surface area contributed by atoms with E-state index in [2.05, 4.69) is 5.32 Å². The molecule has 3 N–H and O–H groups in total. The number of nitrogens with two attached hydrogens (primary N) is 1. The van der Waals surface area contributed by atoms with Crippen LogP contribution in [0.15, 0.2) is 48.5 Å². The highest BCUT2D eigenvalue weighted by molar-refractivity contribution is 5.91. The molecule has 0 heterocycles. The fourth-order valence-electron chi connectivity index (χ4n) is 1.75. The number of nitrogens with one attached hydrogen (secondary N) is 1. The molecule has 5 nitrogen and oxygen atoms in total. The van der Waals surface area contributed by atoms with E-state index in [9.17, 15) is 4.79 Å². The minimum absolute atomic E-state index is 0.00357. The second kappa shape index (κ2) is 7.31. The van der Waals surface area contributed by atoms with Gasteiger partial charge in [0.15, 0.2) is 0 Å². The highest BCUT2D eigenvalue weighted by Gasteiger charge is 2.03. The monoisotopic (exact) mass is 286 g/mol. The van der Waals surface area contributed by atoms with E-state index in [1.807, 2.05) is 12.1 Å². The van der Waals surface area contributed by atoms with Crippen LogP contribution in [0.3, 0.4) is 0 Å². The Morgan fingerprint density at radius 3 is 2.38 bits per heavy atom. The fourth-order valence-corrected chi connectivity index (χ4v) is 1.75. The van der Waals surface area contributed by atoms with Gasteiger partial charge in [-0.2, -0.15) is 0 Å². The van der Waals surface area contributed by atoms with E-state index in [1.165, 1.54) is 0 Å². The van der Waals surface area contributed by atoms with E-state index >= 15 is 0 Å². The van der Waals surface area contributed by atoms with Crippen molar-refractivity contribution in [3.05, 3.63) is 54.1 Å². The van der Waals surface area contributed by atoms with E-state index in [0.29, 0.717) is 18.0 Å². The van der Waals surface area contributed by atoms with Crippen molar-refractivity contribution in [1.29, 1.82) is 0 Å². The summed E-state index contributed by atoms with van der Waals surface area (Å²) in [6, 6.07) is 14.5. The molecule has 0 spiro atoms. The minimum atomic E-state index is -0.199. The maximum Gasteiger partial charge on any atom is 0.250 e. The van der Waals surface area contributed by atoms with Crippen LogP contribution >= 0.6 is 0 Å². The zero-order valence-corrected chi connectivity index (χ0v) is 11.8. The summed E-state index contributed by atoms with van der Waals surface area (Å²) in [7, 11) is 1.60. The Morgan fingerprint density at radius 2 is 1.76 bits per heavy atom. The zero-order valence-electron chi connectivity index (χ0n) is 11.8. The third kappa shape index (κ3) is 4.81. The third-order valence-electron chi connectivity index (χ3n) is 2.86. The van der Waals surface area contributed by atoms with Crippen LogP contribution in [0.2, 0.25) is 0 Å². The molecule has 0 aromatic heterocycles. The van der Waals surface area contributed by atoms with Crippen molar-refractivity contribution >= 4 is 17.3 Å². The maximum absolute atomic E-state index is 11.7. The Balaban J connectivity index is 1.75. The molecular weight excluding hydrogens is 268 g/mol. The molecule has 0 fully saturated rings. The smallest absolute Gasteiger partial charge is 0.250 e. The zero-order chi connectivity index (χ0) is 15.1. The van der Waals surface area contributed by atoms with Gasteiger partial charge in [-0.25, -0.2) is 0 Å². The first-order valence-corrected chi connectivity index (χ1v) is 6.53.